The molecule has 1 saturated heterocycles. The van der Waals surface area contributed by atoms with Crippen LogP contribution >= 0.6 is 11.8 Å². The monoisotopic (exact) mass is 395 g/mol. The van der Waals surface area contributed by atoms with Crippen LogP contribution in [0.1, 0.15) is 12.8 Å². The van der Waals surface area contributed by atoms with Crippen molar-refractivity contribution in [2.75, 3.05) is 23.7 Å². The van der Waals surface area contributed by atoms with Crippen molar-refractivity contribution in [2.24, 2.45) is 10.7 Å². The van der Waals surface area contributed by atoms with Crippen molar-refractivity contribution in [3.63, 3.8) is 0 Å². The van der Waals surface area contributed by atoms with Gasteiger partial charge in [0.25, 0.3) is 5.56 Å². The minimum Gasteiger partial charge on any atom is -0.341 e. The zero-order valence-corrected chi connectivity index (χ0v) is 16.2. The summed E-state index contributed by atoms with van der Waals surface area (Å²) < 4.78 is 1.46. The summed E-state index contributed by atoms with van der Waals surface area (Å²) in [5, 5.41) is 4.32. The second-order valence-corrected chi connectivity index (χ2v) is 8.23. The van der Waals surface area contributed by atoms with Crippen LogP contribution < -0.4 is 16.2 Å². The predicted octanol–water partition coefficient (Wildman–Crippen LogP) is 1.93. The number of rotatable bonds is 3. The molecule has 1 atom stereocenters. The molecule has 4 heterocycles. The van der Waals surface area contributed by atoms with E-state index in [-0.39, 0.29) is 11.6 Å². The Labute approximate surface area is 165 Å². The quantitative estimate of drug-likeness (QED) is 0.702. The summed E-state index contributed by atoms with van der Waals surface area (Å²) in [5.41, 5.74) is 8.84. The second-order valence-electron chi connectivity index (χ2n) is 7.21. The van der Waals surface area contributed by atoms with Gasteiger partial charge in [0.1, 0.15) is 11.0 Å². The van der Waals surface area contributed by atoms with Gasteiger partial charge < -0.3 is 15.6 Å². The SMILES string of the molecule is NC1CCCN(c2nc3cnn(CC4=Nc5ccccc5SC4)c(=O)c3[nH]2)C1. The number of aromatic amines is 1. The van der Waals surface area contributed by atoms with E-state index in [4.69, 9.17) is 10.7 Å². The van der Waals surface area contributed by atoms with E-state index in [0.29, 0.717) is 23.5 Å². The molecule has 2 aliphatic heterocycles. The zero-order valence-electron chi connectivity index (χ0n) is 15.3. The van der Waals surface area contributed by atoms with Gasteiger partial charge in [-0.05, 0) is 25.0 Å². The Hall–Kier alpha value is -2.65. The van der Waals surface area contributed by atoms with Crippen LogP contribution in [0.5, 0.6) is 0 Å². The highest BCUT2D eigenvalue weighted by Crippen LogP contribution is 2.33. The highest BCUT2D eigenvalue weighted by molar-refractivity contribution is 8.00. The first-order valence-corrected chi connectivity index (χ1v) is 10.4. The Morgan fingerprint density at radius 1 is 1.32 bits per heavy atom. The average Bonchev–Trinajstić information content (AvgIpc) is 3.15. The summed E-state index contributed by atoms with van der Waals surface area (Å²) in [6.45, 7) is 2.01. The number of thioether (sulfide) groups is 1. The number of piperidine rings is 1. The fourth-order valence-electron chi connectivity index (χ4n) is 3.69. The molecule has 28 heavy (non-hydrogen) atoms. The fraction of sp³-hybridized carbons (Fsp3) is 0.368. The first-order chi connectivity index (χ1) is 13.7. The molecule has 0 amide bonds. The molecule has 0 aliphatic carbocycles. The lowest BCUT2D eigenvalue weighted by atomic mass is 10.1. The first-order valence-electron chi connectivity index (χ1n) is 9.42. The molecule has 1 aromatic carbocycles. The Bertz CT molecular complexity index is 1120. The number of para-hydroxylation sites is 1. The lowest BCUT2D eigenvalue weighted by Crippen LogP contribution is -2.43. The van der Waals surface area contributed by atoms with Crippen LogP contribution in [0.4, 0.5) is 11.6 Å². The van der Waals surface area contributed by atoms with Gasteiger partial charge in [0, 0.05) is 29.8 Å². The summed E-state index contributed by atoms with van der Waals surface area (Å²) in [6, 6.07) is 8.18. The van der Waals surface area contributed by atoms with Crippen molar-refractivity contribution in [3.05, 3.63) is 40.8 Å². The highest BCUT2D eigenvalue weighted by Gasteiger charge is 2.21. The van der Waals surface area contributed by atoms with Crippen molar-refractivity contribution in [1.29, 1.82) is 0 Å². The lowest BCUT2D eigenvalue weighted by Gasteiger charge is -2.30. The molecular formula is C19H21N7OS. The molecule has 0 bridgehead atoms. The fourth-order valence-corrected chi connectivity index (χ4v) is 4.60. The van der Waals surface area contributed by atoms with Gasteiger partial charge in [-0.3, -0.25) is 9.79 Å². The molecule has 2 aromatic heterocycles. The first kappa shape index (κ1) is 17.4. The Balaban J connectivity index is 1.44. The topological polar surface area (TPSA) is 105 Å². The van der Waals surface area contributed by atoms with Crippen LogP contribution in [-0.4, -0.2) is 50.3 Å². The van der Waals surface area contributed by atoms with Gasteiger partial charge in [0.15, 0.2) is 0 Å². The minimum atomic E-state index is -0.177. The smallest absolute Gasteiger partial charge is 0.293 e. The van der Waals surface area contributed by atoms with Crippen LogP contribution in [0.25, 0.3) is 11.0 Å². The van der Waals surface area contributed by atoms with Gasteiger partial charge in [0.2, 0.25) is 5.95 Å². The van der Waals surface area contributed by atoms with E-state index < -0.39 is 0 Å². The van der Waals surface area contributed by atoms with E-state index in [0.717, 1.165) is 43.1 Å². The normalized spacial score (nSPS) is 19.5. The van der Waals surface area contributed by atoms with E-state index in [1.54, 1.807) is 18.0 Å². The Kier molecular flexibility index (Phi) is 4.40. The maximum absolute atomic E-state index is 12.9. The molecule has 8 nitrogen and oxygen atoms in total. The molecule has 0 spiro atoms. The third kappa shape index (κ3) is 3.20. The predicted molar refractivity (Wildman–Crippen MR) is 112 cm³/mol. The number of hydrogen-bond donors (Lipinski definition) is 2. The molecule has 3 aromatic rings. The van der Waals surface area contributed by atoms with Gasteiger partial charge >= 0.3 is 0 Å². The van der Waals surface area contributed by atoms with Gasteiger partial charge in [-0.25, -0.2) is 9.67 Å². The van der Waals surface area contributed by atoms with E-state index in [9.17, 15) is 4.79 Å². The number of aromatic nitrogens is 4. The summed E-state index contributed by atoms with van der Waals surface area (Å²) in [4.78, 5) is 28.6. The summed E-state index contributed by atoms with van der Waals surface area (Å²) in [7, 11) is 0. The van der Waals surface area contributed by atoms with Crippen LogP contribution in [0, 0.1) is 0 Å². The Morgan fingerprint density at radius 2 is 2.21 bits per heavy atom. The molecule has 144 valence electrons. The number of anilines is 1. The summed E-state index contributed by atoms with van der Waals surface area (Å²) in [5.74, 6) is 1.45. The van der Waals surface area contributed by atoms with Gasteiger partial charge in [-0.15, -0.1) is 11.8 Å². The summed E-state index contributed by atoms with van der Waals surface area (Å²) in [6.07, 6.45) is 3.69. The van der Waals surface area contributed by atoms with Crippen LogP contribution in [0.3, 0.4) is 0 Å². The number of hydrogen-bond acceptors (Lipinski definition) is 7. The number of benzene rings is 1. The van der Waals surface area contributed by atoms with Crippen LogP contribution in [0.2, 0.25) is 0 Å². The maximum Gasteiger partial charge on any atom is 0.293 e. The van der Waals surface area contributed by atoms with Crippen molar-refractivity contribution in [1.82, 2.24) is 19.7 Å². The lowest BCUT2D eigenvalue weighted by molar-refractivity contribution is 0.501. The molecule has 0 saturated carbocycles. The van der Waals surface area contributed by atoms with Gasteiger partial charge in [-0.2, -0.15) is 5.10 Å². The van der Waals surface area contributed by atoms with Crippen molar-refractivity contribution < 1.29 is 0 Å². The number of fused-ring (bicyclic) bond motifs is 2. The van der Waals surface area contributed by atoms with Crippen molar-refractivity contribution in [2.45, 2.75) is 30.3 Å². The highest BCUT2D eigenvalue weighted by atomic mass is 32.2. The molecule has 5 rings (SSSR count). The van der Waals surface area contributed by atoms with Gasteiger partial charge in [-0.1, -0.05) is 12.1 Å². The zero-order chi connectivity index (χ0) is 19.1. The van der Waals surface area contributed by atoms with Crippen LogP contribution in [-0.2, 0) is 6.54 Å². The number of nitrogens with zero attached hydrogens (tertiary/aromatic N) is 5. The number of nitrogens with two attached hydrogens (primary N) is 1. The van der Waals surface area contributed by atoms with E-state index >= 15 is 0 Å². The van der Waals surface area contributed by atoms with Gasteiger partial charge in [0.05, 0.1) is 24.1 Å². The third-order valence-corrected chi connectivity index (χ3v) is 6.25. The molecular weight excluding hydrogens is 374 g/mol. The number of imidazole rings is 1. The molecule has 0 radical (unpaired) electrons. The van der Waals surface area contributed by atoms with Crippen LogP contribution in [0.15, 0.2) is 45.1 Å². The molecule has 2 aliphatic rings. The molecule has 1 fully saturated rings. The summed E-state index contributed by atoms with van der Waals surface area (Å²) >= 11 is 1.74. The molecule has 1 unspecified atom stereocenters. The van der Waals surface area contributed by atoms with E-state index in [1.807, 2.05) is 18.2 Å². The Morgan fingerprint density at radius 3 is 3.11 bits per heavy atom. The second kappa shape index (κ2) is 7.06. The number of H-pyrrole nitrogens is 1. The van der Waals surface area contributed by atoms with Crippen molar-refractivity contribution >= 4 is 40.1 Å². The molecule has 9 heteroatoms. The standard InChI is InChI=1S/C19H21N7OS/c20-12-4-3-7-25(9-12)19-23-15-8-21-26(18(27)17(15)24-19)10-13-11-28-16-6-2-1-5-14(16)22-13/h1-2,5-6,8,12H,3-4,7,9-11,20H2,(H,23,24). The third-order valence-electron chi connectivity index (χ3n) is 5.11. The van der Waals surface area contributed by atoms with E-state index in [2.05, 4.69) is 26.0 Å². The largest absolute Gasteiger partial charge is 0.341 e. The molecule has 3 N–H and O–H groups in total. The van der Waals surface area contributed by atoms with Crippen molar-refractivity contribution in [3.8, 4) is 0 Å². The number of aliphatic imine (C=N–C) groups is 1. The minimum absolute atomic E-state index is 0.140. The van der Waals surface area contributed by atoms with E-state index in [1.165, 1.54) is 9.58 Å². The average molecular weight is 395 g/mol. The number of nitrogens with one attached hydrogen (secondary N) is 1. The maximum atomic E-state index is 12.9.